The molecule has 1 saturated heterocycles. The molecule has 118 valence electrons. The van der Waals surface area contributed by atoms with Crippen LogP contribution in [0.25, 0.3) is 0 Å². The molecule has 1 aromatic carbocycles. The van der Waals surface area contributed by atoms with Gasteiger partial charge in [-0.1, -0.05) is 12.1 Å². The molecular formula is C17H28FN3. The van der Waals surface area contributed by atoms with Gasteiger partial charge in [0.25, 0.3) is 0 Å². The van der Waals surface area contributed by atoms with Crippen molar-refractivity contribution >= 4 is 0 Å². The van der Waals surface area contributed by atoms with Crippen LogP contribution >= 0.6 is 0 Å². The monoisotopic (exact) mass is 293 g/mol. The van der Waals surface area contributed by atoms with E-state index in [2.05, 4.69) is 30.8 Å². The second-order valence-electron chi connectivity index (χ2n) is 6.71. The van der Waals surface area contributed by atoms with Crippen molar-refractivity contribution in [3.63, 3.8) is 0 Å². The second-order valence-corrected chi connectivity index (χ2v) is 6.71. The standard InChI is InChI=1S/C17H28FN3/c1-17(13-19,11-14-6-8-15(18)9-7-14)21-10-4-5-16(12-21)20(2)3/h6-9,16H,4-5,10-13,19H2,1-3H3. The normalized spacial score (nSPS) is 23.2. The van der Waals surface area contributed by atoms with Gasteiger partial charge in [0.1, 0.15) is 5.82 Å². The highest BCUT2D eigenvalue weighted by atomic mass is 19.1. The fourth-order valence-corrected chi connectivity index (χ4v) is 3.22. The van der Waals surface area contributed by atoms with Crippen LogP contribution in [-0.4, -0.2) is 55.1 Å². The minimum atomic E-state index is -0.182. The first-order valence-corrected chi connectivity index (χ1v) is 7.80. The Labute approximate surface area is 127 Å². The fourth-order valence-electron chi connectivity index (χ4n) is 3.22. The molecule has 1 aromatic rings. The summed E-state index contributed by atoms with van der Waals surface area (Å²) in [4.78, 5) is 4.82. The smallest absolute Gasteiger partial charge is 0.123 e. The van der Waals surface area contributed by atoms with Crippen LogP contribution in [0.1, 0.15) is 25.3 Å². The molecule has 0 bridgehead atoms. The van der Waals surface area contributed by atoms with Crippen LogP contribution in [0, 0.1) is 5.82 Å². The molecule has 2 N–H and O–H groups in total. The molecule has 1 fully saturated rings. The molecule has 1 aliphatic rings. The number of halogens is 1. The first kappa shape index (κ1) is 16.4. The van der Waals surface area contributed by atoms with Gasteiger partial charge in [-0.05, 0) is 64.5 Å². The van der Waals surface area contributed by atoms with Crippen LogP contribution in [0.2, 0.25) is 0 Å². The Morgan fingerprint density at radius 1 is 1.33 bits per heavy atom. The summed E-state index contributed by atoms with van der Waals surface area (Å²) < 4.78 is 13.1. The highest BCUT2D eigenvalue weighted by Gasteiger charge is 2.34. The van der Waals surface area contributed by atoms with Crippen molar-refractivity contribution in [2.75, 3.05) is 33.7 Å². The molecule has 2 atom stereocenters. The topological polar surface area (TPSA) is 32.5 Å². The van der Waals surface area contributed by atoms with Crippen molar-refractivity contribution < 1.29 is 4.39 Å². The van der Waals surface area contributed by atoms with Gasteiger partial charge in [0.15, 0.2) is 0 Å². The fraction of sp³-hybridized carbons (Fsp3) is 0.647. The van der Waals surface area contributed by atoms with Gasteiger partial charge >= 0.3 is 0 Å². The van der Waals surface area contributed by atoms with E-state index in [1.807, 2.05) is 12.1 Å². The minimum Gasteiger partial charge on any atom is -0.329 e. The maximum atomic E-state index is 13.1. The molecule has 0 spiro atoms. The number of hydrogen-bond donors (Lipinski definition) is 1. The Morgan fingerprint density at radius 2 is 2.00 bits per heavy atom. The maximum absolute atomic E-state index is 13.1. The molecule has 21 heavy (non-hydrogen) atoms. The number of likely N-dealkylation sites (N-methyl/N-ethyl adjacent to an activating group) is 1. The third-order valence-corrected chi connectivity index (χ3v) is 4.83. The van der Waals surface area contributed by atoms with E-state index in [1.54, 1.807) is 0 Å². The summed E-state index contributed by atoms with van der Waals surface area (Å²) in [5.74, 6) is -0.182. The van der Waals surface area contributed by atoms with Crippen LogP contribution in [0.3, 0.4) is 0 Å². The van der Waals surface area contributed by atoms with Crippen molar-refractivity contribution in [3.8, 4) is 0 Å². The summed E-state index contributed by atoms with van der Waals surface area (Å²) in [5, 5.41) is 0. The Hall–Kier alpha value is -0.970. The average molecular weight is 293 g/mol. The van der Waals surface area contributed by atoms with Gasteiger partial charge in [0.05, 0.1) is 0 Å². The molecule has 4 heteroatoms. The Bertz CT molecular complexity index is 446. The van der Waals surface area contributed by atoms with E-state index in [1.165, 1.54) is 25.0 Å². The van der Waals surface area contributed by atoms with Gasteiger partial charge in [0.2, 0.25) is 0 Å². The van der Waals surface area contributed by atoms with E-state index < -0.39 is 0 Å². The lowest BCUT2D eigenvalue weighted by atomic mass is 9.88. The third-order valence-electron chi connectivity index (χ3n) is 4.83. The molecule has 2 unspecified atom stereocenters. The quantitative estimate of drug-likeness (QED) is 0.902. The Morgan fingerprint density at radius 3 is 2.57 bits per heavy atom. The highest BCUT2D eigenvalue weighted by Crippen LogP contribution is 2.25. The van der Waals surface area contributed by atoms with Crippen LogP contribution < -0.4 is 5.73 Å². The SMILES string of the molecule is CN(C)C1CCCN(C(C)(CN)Cc2ccc(F)cc2)C1. The molecule has 0 radical (unpaired) electrons. The van der Waals surface area contributed by atoms with Crippen LogP contribution in [0.15, 0.2) is 24.3 Å². The largest absolute Gasteiger partial charge is 0.329 e. The van der Waals surface area contributed by atoms with Crippen molar-refractivity contribution in [1.29, 1.82) is 0 Å². The van der Waals surface area contributed by atoms with Crippen LogP contribution in [0.5, 0.6) is 0 Å². The van der Waals surface area contributed by atoms with Gasteiger partial charge in [-0.15, -0.1) is 0 Å². The molecule has 1 heterocycles. The zero-order valence-corrected chi connectivity index (χ0v) is 13.5. The third kappa shape index (κ3) is 4.02. The first-order valence-electron chi connectivity index (χ1n) is 7.80. The van der Waals surface area contributed by atoms with Gasteiger partial charge in [-0.3, -0.25) is 4.90 Å². The second kappa shape index (κ2) is 6.86. The van der Waals surface area contributed by atoms with Gasteiger partial charge in [0, 0.05) is 24.7 Å². The highest BCUT2D eigenvalue weighted by molar-refractivity contribution is 5.19. The Balaban J connectivity index is 2.10. The van der Waals surface area contributed by atoms with Crippen LogP contribution in [0.4, 0.5) is 4.39 Å². The molecule has 0 amide bonds. The number of piperidine rings is 1. The lowest BCUT2D eigenvalue weighted by molar-refractivity contribution is 0.0455. The van der Waals surface area contributed by atoms with Gasteiger partial charge < -0.3 is 10.6 Å². The average Bonchev–Trinajstić information content (AvgIpc) is 2.49. The molecule has 0 aromatic heterocycles. The summed E-state index contributed by atoms with van der Waals surface area (Å²) in [7, 11) is 4.29. The summed E-state index contributed by atoms with van der Waals surface area (Å²) >= 11 is 0. The molecule has 0 aliphatic carbocycles. The summed E-state index contributed by atoms with van der Waals surface area (Å²) in [6.45, 7) is 5.00. The number of nitrogens with two attached hydrogens (primary N) is 1. The summed E-state index contributed by atoms with van der Waals surface area (Å²) in [6.07, 6.45) is 3.33. The zero-order chi connectivity index (χ0) is 15.5. The number of benzene rings is 1. The molecule has 1 aliphatic heterocycles. The number of hydrogen-bond acceptors (Lipinski definition) is 3. The summed E-state index contributed by atoms with van der Waals surface area (Å²) in [5.41, 5.74) is 7.19. The first-order chi connectivity index (χ1) is 9.94. The van der Waals surface area contributed by atoms with Crippen molar-refractivity contribution in [2.45, 2.75) is 37.8 Å². The van der Waals surface area contributed by atoms with Gasteiger partial charge in [-0.25, -0.2) is 4.39 Å². The predicted octanol–water partition coefficient (Wildman–Crippen LogP) is 2.11. The minimum absolute atomic E-state index is 0.0630. The zero-order valence-electron chi connectivity index (χ0n) is 13.5. The van der Waals surface area contributed by atoms with E-state index in [-0.39, 0.29) is 11.4 Å². The number of likely N-dealkylation sites (tertiary alicyclic amines) is 1. The van der Waals surface area contributed by atoms with Crippen molar-refractivity contribution in [2.24, 2.45) is 5.73 Å². The molecule has 0 saturated carbocycles. The molecule has 2 rings (SSSR count). The van der Waals surface area contributed by atoms with E-state index >= 15 is 0 Å². The van der Waals surface area contributed by atoms with E-state index in [0.29, 0.717) is 12.6 Å². The van der Waals surface area contributed by atoms with E-state index in [0.717, 1.165) is 25.1 Å². The van der Waals surface area contributed by atoms with Crippen LogP contribution in [-0.2, 0) is 6.42 Å². The Kier molecular flexibility index (Phi) is 5.36. The van der Waals surface area contributed by atoms with Gasteiger partial charge in [-0.2, -0.15) is 0 Å². The van der Waals surface area contributed by atoms with E-state index in [4.69, 9.17) is 5.73 Å². The predicted molar refractivity (Wildman–Crippen MR) is 85.8 cm³/mol. The lowest BCUT2D eigenvalue weighted by Gasteiger charge is -2.46. The molecular weight excluding hydrogens is 265 g/mol. The number of rotatable bonds is 5. The van der Waals surface area contributed by atoms with Crippen molar-refractivity contribution in [1.82, 2.24) is 9.80 Å². The number of nitrogens with zero attached hydrogens (tertiary/aromatic N) is 2. The van der Waals surface area contributed by atoms with Crippen molar-refractivity contribution in [3.05, 3.63) is 35.6 Å². The summed E-state index contributed by atoms with van der Waals surface area (Å²) in [6, 6.07) is 7.40. The maximum Gasteiger partial charge on any atom is 0.123 e. The van der Waals surface area contributed by atoms with E-state index in [9.17, 15) is 4.39 Å². The molecule has 3 nitrogen and oxygen atoms in total. The lowest BCUT2D eigenvalue weighted by Crippen LogP contribution is -2.59.